The van der Waals surface area contributed by atoms with E-state index in [2.05, 4.69) is 26.0 Å². The molecule has 1 aliphatic heterocycles. The summed E-state index contributed by atoms with van der Waals surface area (Å²) in [6, 6.07) is 8.78. The molecule has 1 N–H and O–H groups in total. The highest BCUT2D eigenvalue weighted by molar-refractivity contribution is 9.11. The van der Waals surface area contributed by atoms with Gasteiger partial charge in [-0.15, -0.1) is 11.3 Å². The number of piperidine rings is 1. The summed E-state index contributed by atoms with van der Waals surface area (Å²) in [6.45, 7) is -2.46. The van der Waals surface area contributed by atoms with Crippen molar-refractivity contribution >= 4 is 48.9 Å². The second kappa shape index (κ2) is 8.85. The van der Waals surface area contributed by atoms with E-state index in [-0.39, 0.29) is 22.4 Å². The number of rotatable bonds is 6. The van der Waals surface area contributed by atoms with Gasteiger partial charge in [0, 0.05) is 18.8 Å². The number of alkyl halides is 2. The van der Waals surface area contributed by atoms with E-state index in [0.717, 1.165) is 15.1 Å². The number of anilines is 1. The van der Waals surface area contributed by atoms with Crippen molar-refractivity contribution in [3.05, 3.63) is 40.2 Å². The van der Waals surface area contributed by atoms with Crippen LogP contribution in [0.15, 0.2) is 44.4 Å². The minimum atomic E-state index is -3.64. The van der Waals surface area contributed by atoms with E-state index in [1.54, 1.807) is 6.07 Å². The number of halogens is 3. The number of sulfonamides is 1. The highest BCUT2D eigenvalue weighted by Crippen LogP contribution is 2.31. The predicted octanol–water partition coefficient (Wildman–Crippen LogP) is 4.15. The number of thiophene rings is 1. The van der Waals surface area contributed by atoms with E-state index in [1.165, 1.54) is 34.6 Å². The molecule has 2 heterocycles. The first-order valence-corrected chi connectivity index (χ1v) is 11.4. The monoisotopic (exact) mass is 494 g/mol. The largest absolute Gasteiger partial charge is 0.435 e. The molecule has 28 heavy (non-hydrogen) atoms. The fourth-order valence-corrected chi connectivity index (χ4v) is 6.59. The van der Waals surface area contributed by atoms with E-state index >= 15 is 0 Å². The summed E-state index contributed by atoms with van der Waals surface area (Å²) >= 11 is 4.39. The van der Waals surface area contributed by atoms with Crippen molar-refractivity contribution in [1.29, 1.82) is 0 Å². The molecule has 1 unspecified atom stereocenters. The molecule has 0 radical (unpaired) electrons. The lowest BCUT2D eigenvalue weighted by atomic mass is 9.99. The zero-order chi connectivity index (χ0) is 20.3. The summed E-state index contributed by atoms with van der Waals surface area (Å²) in [5.41, 5.74) is 0.425. The van der Waals surface area contributed by atoms with Crippen LogP contribution in [-0.2, 0) is 14.8 Å². The Kier molecular flexibility index (Phi) is 6.69. The average molecular weight is 495 g/mol. The summed E-state index contributed by atoms with van der Waals surface area (Å²) in [4.78, 5) is 12.6. The van der Waals surface area contributed by atoms with Gasteiger partial charge in [-0.2, -0.15) is 13.1 Å². The Morgan fingerprint density at radius 3 is 2.57 bits per heavy atom. The van der Waals surface area contributed by atoms with Gasteiger partial charge in [-0.1, -0.05) is 0 Å². The minimum absolute atomic E-state index is 0.00922. The molecular weight excluding hydrogens is 478 g/mol. The second-order valence-electron chi connectivity index (χ2n) is 6.15. The lowest BCUT2D eigenvalue weighted by molar-refractivity contribution is -0.120. The van der Waals surface area contributed by atoms with Crippen LogP contribution in [0.1, 0.15) is 12.8 Å². The molecule has 2 aromatic rings. The van der Waals surface area contributed by atoms with Crippen LogP contribution >= 0.6 is 27.3 Å². The summed E-state index contributed by atoms with van der Waals surface area (Å²) in [7, 11) is -3.64. The number of carbonyl (C=O) groups excluding carboxylic acids is 1. The smallest absolute Gasteiger partial charge is 0.387 e. The molecule has 3 rings (SSSR count). The Balaban J connectivity index is 1.64. The van der Waals surface area contributed by atoms with E-state index in [1.807, 2.05) is 0 Å². The first kappa shape index (κ1) is 21.2. The third-order valence-corrected chi connectivity index (χ3v) is 8.20. The third kappa shape index (κ3) is 5.07. The fraction of sp³-hybridized carbons (Fsp3) is 0.353. The van der Waals surface area contributed by atoms with Crippen molar-refractivity contribution in [1.82, 2.24) is 4.31 Å². The number of nitrogens with one attached hydrogen (secondary N) is 1. The molecule has 1 aromatic heterocycles. The second-order valence-corrected chi connectivity index (χ2v) is 10.8. The maximum atomic E-state index is 12.8. The molecule has 1 aromatic carbocycles. The van der Waals surface area contributed by atoms with Crippen molar-refractivity contribution in [2.24, 2.45) is 5.92 Å². The van der Waals surface area contributed by atoms with Crippen LogP contribution in [0.25, 0.3) is 0 Å². The molecule has 0 bridgehead atoms. The van der Waals surface area contributed by atoms with Crippen molar-refractivity contribution in [3.63, 3.8) is 0 Å². The highest BCUT2D eigenvalue weighted by Gasteiger charge is 2.34. The van der Waals surface area contributed by atoms with Gasteiger partial charge in [0.15, 0.2) is 0 Å². The normalized spacial score (nSPS) is 18.2. The van der Waals surface area contributed by atoms with Gasteiger partial charge < -0.3 is 10.1 Å². The van der Waals surface area contributed by atoms with Crippen molar-refractivity contribution in [3.8, 4) is 5.75 Å². The molecule has 1 aliphatic rings. The van der Waals surface area contributed by atoms with Crippen LogP contribution < -0.4 is 10.1 Å². The first-order valence-electron chi connectivity index (χ1n) is 8.37. The number of ether oxygens (including phenoxy) is 1. The summed E-state index contributed by atoms with van der Waals surface area (Å²) in [5.74, 6) is -0.816. The third-order valence-electron chi connectivity index (χ3n) is 4.24. The highest BCUT2D eigenvalue weighted by atomic mass is 79.9. The zero-order valence-electron chi connectivity index (χ0n) is 14.5. The van der Waals surface area contributed by atoms with Gasteiger partial charge in [-0.25, -0.2) is 8.42 Å². The minimum Gasteiger partial charge on any atom is -0.435 e. The topological polar surface area (TPSA) is 75.7 Å². The van der Waals surface area contributed by atoms with E-state index in [0.29, 0.717) is 25.1 Å². The van der Waals surface area contributed by atoms with Crippen molar-refractivity contribution in [2.75, 3.05) is 18.4 Å². The number of amides is 1. The predicted molar refractivity (Wildman–Crippen MR) is 105 cm³/mol. The fourth-order valence-electron chi connectivity index (χ4n) is 2.90. The Hall–Kier alpha value is -1.56. The Morgan fingerprint density at radius 2 is 1.96 bits per heavy atom. The van der Waals surface area contributed by atoms with Gasteiger partial charge in [-0.05, 0) is 65.2 Å². The van der Waals surface area contributed by atoms with Gasteiger partial charge in [-0.3, -0.25) is 4.79 Å². The van der Waals surface area contributed by atoms with Gasteiger partial charge in [0.1, 0.15) is 9.96 Å². The molecule has 0 saturated carbocycles. The number of benzene rings is 1. The molecule has 0 aliphatic carbocycles. The van der Waals surface area contributed by atoms with Gasteiger partial charge in [0.25, 0.3) is 10.0 Å². The van der Waals surface area contributed by atoms with Crippen molar-refractivity contribution < 1.29 is 26.7 Å². The SMILES string of the molecule is O=C(Nc1ccc(OC(F)F)cc1)C1CCCN(S(=O)(=O)c2ccc(Br)s2)C1. The van der Waals surface area contributed by atoms with Gasteiger partial charge >= 0.3 is 6.61 Å². The van der Waals surface area contributed by atoms with Crippen LogP contribution in [0.5, 0.6) is 5.75 Å². The lowest BCUT2D eigenvalue weighted by Gasteiger charge is -2.30. The van der Waals surface area contributed by atoms with Crippen LogP contribution in [-0.4, -0.2) is 38.3 Å². The summed E-state index contributed by atoms with van der Waals surface area (Å²) in [6.07, 6.45) is 1.14. The lowest BCUT2D eigenvalue weighted by Crippen LogP contribution is -2.43. The molecule has 1 atom stereocenters. The molecule has 152 valence electrons. The summed E-state index contributed by atoms with van der Waals surface area (Å²) in [5, 5.41) is 2.70. The van der Waals surface area contributed by atoms with E-state index in [9.17, 15) is 22.0 Å². The van der Waals surface area contributed by atoms with E-state index in [4.69, 9.17) is 0 Å². The standard InChI is InChI=1S/C17H17BrF2N2O4S2/c18-14-7-8-15(27-14)28(24,25)22-9-1-2-11(10-22)16(23)21-12-3-5-13(6-4-12)26-17(19)20/h3-8,11,17H,1-2,9-10H2,(H,21,23). The van der Waals surface area contributed by atoms with Gasteiger partial charge in [0.05, 0.1) is 9.70 Å². The number of hydrogen-bond acceptors (Lipinski definition) is 5. The molecule has 0 spiro atoms. The van der Waals surface area contributed by atoms with E-state index < -0.39 is 22.6 Å². The van der Waals surface area contributed by atoms with Crippen LogP contribution in [0.3, 0.4) is 0 Å². The quantitative estimate of drug-likeness (QED) is 0.654. The molecule has 1 amide bonds. The number of hydrogen-bond donors (Lipinski definition) is 1. The Bertz CT molecular complexity index is 935. The maximum Gasteiger partial charge on any atom is 0.387 e. The molecule has 1 saturated heterocycles. The van der Waals surface area contributed by atoms with Crippen LogP contribution in [0.2, 0.25) is 0 Å². The van der Waals surface area contributed by atoms with Crippen LogP contribution in [0.4, 0.5) is 14.5 Å². The van der Waals surface area contributed by atoms with Gasteiger partial charge in [0.2, 0.25) is 5.91 Å². The molecule has 1 fully saturated rings. The average Bonchev–Trinajstić information content (AvgIpc) is 3.10. The van der Waals surface area contributed by atoms with Crippen molar-refractivity contribution in [2.45, 2.75) is 23.7 Å². The number of nitrogens with zero attached hydrogens (tertiary/aromatic N) is 1. The molecule has 11 heteroatoms. The maximum absolute atomic E-state index is 12.8. The first-order chi connectivity index (χ1) is 13.3. The molecular formula is C17H17BrF2N2O4S2. The molecule has 6 nitrogen and oxygen atoms in total. The summed E-state index contributed by atoms with van der Waals surface area (Å²) < 4.78 is 56.4. The van der Waals surface area contributed by atoms with Crippen LogP contribution in [0, 0.1) is 5.92 Å². The number of carbonyl (C=O) groups is 1. The Labute approximate surface area is 173 Å². The Morgan fingerprint density at radius 1 is 1.25 bits per heavy atom. The zero-order valence-corrected chi connectivity index (χ0v) is 17.7.